The van der Waals surface area contributed by atoms with Gasteiger partial charge in [0.25, 0.3) is 11.4 Å². The Balaban J connectivity index is 2.06. The fraction of sp³-hybridized carbons (Fsp3) is 0.320. The summed E-state index contributed by atoms with van der Waals surface area (Å²) in [5.41, 5.74) is -3.10. The van der Waals surface area contributed by atoms with E-state index >= 15 is 0 Å². The second-order valence-corrected chi connectivity index (χ2v) is 8.65. The van der Waals surface area contributed by atoms with E-state index in [9.17, 15) is 22.8 Å². The van der Waals surface area contributed by atoms with Crippen molar-refractivity contribution in [3.8, 4) is 23.1 Å². The summed E-state index contributed by atoms with van der Waals surface area (Å²) in [6, 6.07) is 12.0. The first-order chi connectivity index (χ1) is 16.8. The van der Waals surface area contributed by atoms with Crippen LogP contribution in [0.1, 0.15) is 42.3 Å². The number of carbonyl (C=O) groups is 1. The van der Waals surface area contributed by atoms with Crippen LogP contribution in [-0.2, 0) is 17.5 Å². The Kier molecular flexibility index (Phi) is 7.61. The van der Waals surface area contributed by atoms with Crippen LogP contribution < -0.4 is 19.8 Å². The van der Waals surface area contributed by atoms with Crippen molar-refractivity contribution in [2.75, 3.05) is 14.2 Å². The first-order valence-corrected chi connectivity index (χ1v) is 10.7. The number of hydrogen-bond donors (Lipinski definition) is 0. The van der Waals surface area contributed by atoms with Gasteiger partial charge in [-0.25, -0.2) is 9.48 Å². The molecule has 36 heavy (non-hydrogen) atoms. The summed E-state index contributed by atoms with van der Waals surface area (Å²) in [6.45, 7) is 4.82. The van der Waals surface area contributed by atoms with Crippen LogP contribution in [0.3, 0.4) is 0 Å². The third kappa shape index (κ3) is 6.35. The lowest BCUT2D eigenvalue weighted by atomic mass is 10.1. The van der Waals surface area contributed by atoms with Gasteiger partial charge in [0.1, 0.15) is 17.1 Å². The Labute approximate surface area is 205 Å². The van der Waals surface area contributed by atoms with E-state index < -0.39 is 40.5 Å². The average Bonchev–Trinajstić information content (AvgIpc) is 2.79. The van der Waals surface area contributed by atoms with E-state index in [4.69, 9.17) is 18.9 Å². The molecule has 1 heterocycles. The average molecular weight is 506 g/mol. The van der Waals surface area contributed by atoms with Crippen molar-refractivity contribution in [3.05, 3.63) is 75.6 Å². The van der Waals surface area contributed by atoms with Gasteiger partial charge in [-0.05, 0) is 56.7 Å². The number of nitrogens with zero attached hydrogens (tertiary/aromatic N) is 2. The van der Waals surface area contributed by atoms with Gasteiger partial charge in [0.15, 0.2) is 5.56 Å². The minimum absolute atomic E-state index is 0.00747. The normalized spacial score (nSPS) is 11.7. The van der Waals surface area contributed by atoms with E-state index in [-0.39, 0.29) is 17.9 Å². The first kappa shape index (κ1) is 26.6. The van der Waals surface area contributed by atoms with Gasteiger partial charge in [0.2, 0.25) is 5.75 Å². The molecular formula is C25H25F3N2O6. The van der Waals surface area contributed by atoms with Crippen molar-refractivity contribution in [3.63, 3.8) is 0 Å². The van der Waals surface area contributed by atoms with Crippen LogP contribution in [0, 0.1) is 0 Å². The zero-order valence-electron chi connectivity index (χ0n) is 20.3. The molecule has 0 N–H and O–H groups in total. The molecule has 0 saturated heterocycles. The Morgan fingerprint density at radius 3 is 2.19 bits per heavy atom. The molecule has 0 saturated carbocycles. The Bertz CT molecular complexity index is 1300. The molecule has 0 spiro atoms. The van der Waals surface area contributed by atoms with Gasteiger partial charge in [0, 0.05) is 0 Å². The number of carbonyl (C=O) groups excluding carboxylic acids is 1. The molecule has 0 aliphatic carbocycles. The molecule has 0 bridgehead atoms. The second-order valence-electron chi connectivity index (χ2n) is 8.65. The monoisotopic (exact) mass is 506 g/mol. The maximum absolute atomic E-state index is 13.9. The maximum Gasteiger partial charge on any atom is 0.425 e. The van der Waals surface area contributed by atoms with Crippen molar-refractivity contribution < 1.29 is 36.9 Å². The maximum atomic E-state index is 13.9. The number of alkyl halides is 3. The predicted molar refractivity (Wildman–Crippen MR) is 124 cm³/mol. The molecule has 0 aliphatic rings. The standard InChI is InChI=1S/C25H25F3N2O6/c1-24(2,3)36-23(32)16-7-6-8-18(13-16)35-21-20(34-5)19(25(26,27)28)22(31)30(29-21)14-15-9-11-17(33-4)12-10-15/h6-13H,14H2,1-5H3. The van der Waals surface area contributed by atoms with Crippen LogP contribution in [0.4, 0.5) is 13.2 Å². The number of halogens is 3. The summed E-state index contributed by atoms with van der Waals surface area (Å²) < 4.78 is 63.3. The Morgan fingerprint density at radius 2 is 1.64 bits per heavy atom. The molecule has 8 nitrogen and oxygen atoms in total. The van der Waals surface area contributed by atoms with Crippen LogP contribution in [-0.4, -0.2) is 35.6 Å². The molecule has 192 valence electrons. The lowest BCUT2D eigenvalue weighted by molar-refractivity contribution is -0.140. The lowest BCUT2D eigenvalue weighted by Gasteiger charge is -2.20. The molecule has 2 aromatic carbocycles. The van der Waals surface area contributed by atoms with Gasteiger partial charge in [-0.2, -0.15) is 13.2 Å². The molecule has 0 fully saturated rings. The summed E-state index contributed by atoms with van der Waals surface area (Å²) in [5.74, 6) is -1.58. The summed E-state index contributed by atoms with van der Waals surface area (Å²) >= 11 is 0. The van der Waals surface area contributed by atoms with Gasteiger partial charge >= 0.3 is 12.1 Å². The highest BCUT2D eigenvalue weighted by Crippen LogP contribution is 2.39. The third-order valence-electron chi connectivity index (χ3n) is 4.74. The summed E-state index contributed by atoms with van der Waals surface area (Å²) in [5, 5.41) is 3.99. The smallest absolute Gasteiger partial charge is 0.425 e. The zero-order chi connectivity index (χ0) is 26.7. The number of rotatable bonds is 7. The number of hydrogen-bond acceptors (Lipinski definition) is 7. The van der Waals surface area contributed by atoms with E-state index in [1.165, 1.54) is 31.4 Å². The van der Waals surface area contributed by atoms with E-state index in [2.05, 4.69) is 5.10 Å². The van der Waals surface area contributed by atoms with Crippen molar-refractivity contribution in [1.29, 1.82) is 0 Å². The number of ether oxygens (including phenoxy) is 4. The summed E-state index contributed by atoms with van der Waals surface area (Å²) in [6.07, 6.45) is -5.05. The summed E-state index contributed by atoms with van der Waals surface area (Å²) in [4.78, 5) is 25.2. The third-order valence-corrected chi connectivity index (χ3v) is 4.74. The molecule has 1 aromatic heterocycles. The number of methoxy groups -OCH3 is 2. The van der Waals surface area contributed by atoms with Gasteiger partial charge in [-0.3, -0.25) is 4.79 Å². The second kappa shape index (κ2) is 10.3. The molecule has 11 heteroatoms. The summed E-state index contributed by atoms with van der Waals surface area (Å²) in [7, 11) is 2.45. The molecule has 0 unspecified atom stereocenters. The van der Waals surface area contributed by atoms with Crippen molar-refractivity contribution >= 4 is 5.97 Å². The highest BCUT2D eigenvalue weighted by atomic mass is 19.4. The highest BCUT2D eigenvalue weighted by molar-refractivity contribution is 5.90. The van der Waals surface area contributed by atoms with Gasteiger partial charge in [-0.1, -0.05) is 18.2 Å². The fourth-order valence-electron chi connectivity index (χ4n) is 3.19. The number of aromatic nitrogens is 2. The van der Waals surface area contributed by atoms with Gasteiger partial charge in [0.05, 0.1) is 26.3 Å². The van der Waals surface area contributed by atoms with Crippen LogP contribution >= 0.6 is 0 Å². The predicted octanol–water partition coefficient (Wildman–Crippen LogP) is 5.08. The van der Waals surface area contributed by atoms with Gasteiger partial charge < -0.3 is 18.9 Å². The fourth-order valence-corrected chi connectivity index (χ4v) is 3.19. The highest BCUT2D eigenvalue weighted by Gasteiger charge is 2.41. The Hall–Kier alpha value is -4.02. The van der Waals surface area contributed by atoms with Gasteiger partial charge in [-0.15, -0.1) is 5.10 Å². The van der Waals surface area contributed by atoms with Crippen LogP contribution in [0.2, 0.25) is 0 Å². The molecule has 0 aliphatic heterocycles. The van der Waals surface area contributed by atoms with Crippen molar-refractivity contribution in [2.45, 2.75) is 39.1 Å². The molecule has 0 atom stereocenters. The largest absolute Gasteiger partial charge is 0.497 e. The first-order valence-electron chi connectivity index (χ1n) is 10.7. The number of esters is 1. The minimum atomic E-state index is -5.05. The van der Waals surface area contributed by atoms with Crippen LogP contribution in [0.25, 0.3) is 0 Å². The molecule has 0 radical (unpaired) electrons. The van der Waals surface area contributed by atoms with E-state index in [1.54, 1.807) is 45.0 Å². The van der Waals surface area contributed by atoms with E-state index in [1.807, 2.05) is 0 Å². The molecule has 0 amide bonds. The Morgan fingerprint density at radius 1 is 0.972 bits per heavy atom. The van der Waals surface area contributed by atoms with Crippen LogP contribution in [0.15, 0.2) is 53.3 Å². The molecule has 3 rings (SSSR count). The quantitative estimate of drug-likeness (QED) is 0.413. The number of benzene rings is 2. The van der Waals surface area contributed by atoms with Crippen molar-refractivity contribution in [2.24, 2.45) is 0 Å². The van der Waals surface area contributed by atoms with E-state index in [0.29, 0.717) is 16.0 Å². The minimum Gasteiger partial charge on any atom is -0.497 e. The van der Waals surface area contributed by atoms with E-state index in [0.717, 1.165) is 7.11 Å². The zero-order valence-corrected chi connectivity index (χ0v) is 20.3. The lowest BCUT2D eigenvalue weighted by Crippen LogP contribution is -2.32. The van der Waals surface area contributed by atoms with Crippen molar-refractivity contribution in [1.82, 2.24) is 9.78 Å². The molecular weight excluding hydrogens is 481 g/mol. The SMILES string of the molecule is COc1ccc(Cn2nc(Oc3cccc(C(=O)OC(C)(C)C)c3)c(OC)c(C(F)(F)F)c2=O)cc1. The molecule has 3 aromatic rings. The topological polar surface area (TPSA) is 88.9 Å². The van der Waals surface area contributed by atoms with Crippen LogP contribution in [0.5, 0.6) is 23.1 Å².